The van der Waals surface area contributed by atoms with Crippen LogP contribution in [0.15, 0.2) is 48.5 Å². The molecule has 0 saturated carbocycles. The molecule has 0 atom stereocenters. The molecule has 3 aromatic rings. The fourth-order valence-electron chi connectivity index (χ4n) is 2.12. The third-order valence-corrected chi connectivity index (χ3v) is 3.85. The fraction of sp³-hybridized carbons (Fsp3) is 0.136. The van der Waals surface area contributed by atoms with Crippen molar-refractivity contribution in [2.75, 3.05) is 0 Å². The van der Waals surface area contributed by atoms with Gasteiger partial charge in [0.1, 0.15) is 11.3 Å². The van der Waals surface area contributed by atoms with E-state index in [0.29, 0.717) is 5.56 Å². The third kappa shape index (κ3) is 6.83. The van der Waals surface area contributed by atoms with Crippen molar-refractivity contribution in [1.29, 1.82) is 0 Å². The van der Waals surface area contributed by atoms with Gasteiger partial charge >= 0.3 is 5.97 Å². The van der Waals surface area contributed by atoms with E-state index in [-0.39, 0.29) is 34.3 Å². The molecule has 0 fully saturated rings. The predicted octanol–water partition coefficient (Wildman–Crippen LogP) is 3.92. The largest absolute Gasteiger partial charge is 0.507 e. The summed E-state index contributed by atoms with van der Waals surface area (Å²) in [5.41, 5.74) is 2.24. The number of carboxylic acids is 1. The van der Waals surface area contributed by atoms with Crippen LogP contribution in [0.1, 0.15) is 27.0 Å². The number of phenols is 6. The van der Waals surface area contributed by atoms with Crippen molar-refractivity contribution in [3.8, 4) is 34.5 Å². The Bertz CT molecular complexity index is 1000. The molecule has 0 bridgehead atoms. The zero-order valence-electron chi connectivity index (χ0n) is 16.7. The molecule has 0 saturated heterocycles. The van der Waals surface area contributed by atoms with Crippen LogP contribution in [0, 0.1) is 20.8 Å². The highest BCUT2D eigenvalue weighted by atomic mass is 16.4. The van der Waals surface area contributed by atoms with Gasteiger partial charge < -0.3 is 35.7 Å². The van der Waals surface area contributed by atoms with Gasteiger partial charge in [0.15, 0.2) is 23.0 Å². The van der Waals surface area contributed by atoms with Crippen LogP contribution < -0.4 is 0 Å². The Labute approximate surface area is 173 Å². The van der Waals surface area contributed by atoms with Crippen LogP contribution in [0.4, 0.5) is 0 Å². The average Bonchev–Trinajstić information content (AvgIpc) is 2.69. The van der Waals surface area contributed by atoms with E-state index < -0.39 is 11.7 Å². The van der Waals surface area contributed by atoms with Crippen LogP contribution in [0.2, 0.25) is 0 Å². The molecule has 30 heavy (non-hydrogen) atoms. The standard InChI is InChI=1S/C8H8O3.C7H8O3.C7H8O2/c1-5-2-3-7(9)6(4-5)8(10)11;1-4-2-3-5(8)7(10)6(4)9;1-5-2-3-6(8)7(9)4-5/h2-4,9H,1H3,(H,10,11);2-3,8-10H,1H3;2-4,8-9H,1H3. The number of rotatable bonds is 1. The maximum Gasteiger partial charge on any atom is 0.339 e. The van der Waals surface area contributed by atoms with E-state index in [9.17, 15) is 4.79 Å². The molecule has 8 heteroatoms. The monoisotopic (exact) mass is 416 g/mol. The molecule has 0 spiro atoms. The molecule has 8 nitrogen and oxygen atoms in total. The molecular weight excluding hydrogens is 392 g/mol. The van der Waals surface area contributed by atoms with Crippen LogP contribution in [0.5, 0.6) is 34.5 Å². The van der Waals surface area contributed by atoms with Gasteiger partial charge in [0.25, 0.3) is 0 Å². The highest BCUT2D eigenvalue weighted by Gasteiger charge is 2.08. The second-order valence-electron chi connectivity index (χ2n) is 6.42. The Hall–Kier alpha value is -4.07. The lowest BCUT2D eigenvalue weighted by Gasteiger charge is -2.01. The number of benzene rings is 3. The Kier molecular flexibility index (Phi) is 8.36. The zero-order chi connectivity index (χ0) is 23.0. The number of carboxylic acid groups (broad SMARTS) is 1. The number of aromatic hydroxyl groups is 6. The van der Waals surface area contributed by atoms with Gasteiger partial charge in [0.05, 0.1) is 0 Å². The summed E-state index contributed by atoms with van der Waals surface area (Å²) in [7, 11) is 0. The molecule has 3 aromatic carbocycles. The summed E-state index contributed by atoms with van der Waals surface area (Å²) in [5.74, 6) is -2.45. The second-order valence-corrected chi connectivity index (χ2v) is 6.42. The Balaban J connectivity index is 0.000000226. The van der Waals surface area contributed by atoms with Crippen LogP contribution in [0.25, 0.3) is 0 Å². The normalized spacial score (nSPS) is 9.57. The van der Waals surface area contributed by atoms with Crippen molar-refractivity contribution in [3.63, 3.8) is 0 Å². The van der Waals surface area contributed by atoms with Crippen LogP contribution in [0.3, 0.4) is 0 Å². The summed E-state index contributed by atoms with van der Waals surface area (Å²) in [6.07, 6.45) is 0. The van der Waals surface area contributed by atoms with Gasteiger partial charge in [0.2, 0.25) is 5.75 Å². The molecule has 160 valence electrons. The van der Waals surface area contributed by atoms with E-state index >= 15 is 0 Å². The maximum atomic E-state index is 10.4. The average molecular weight is 416 g/mol. The molecule has 0 radical (unpaired) electrons. The smallest absolute Gasteiger partial charge is 0.339 e. The predicted molar refractivity (Wildman–Crippen MR) is 110 cm³/mol. The lowest BCUT2D eigenvalue weighted by atomic mass is 10.1. The summed E-state index contributed by atoms with van der Waals surface area (Å²) < 4.78 is 0. The van der Waals surface area contributed by atoms with Gasteiger partial charge in [-0.1, -0.05) is 23.8 Å². The molecule has 0 aliphatic heterocycles. The highest BCUT2D eigenvalue weighted by Crippen LogP contribution is 2.36. The molecule has 0 amide bonds. The molecule has 0 aromatic heterocycles. The quantitative estimate of drug-likeness (QED) is 0.294. The molecular formula is C22H24O8. The van der Waals surface area contributed by atoms with Crippen LogP contribution in [-0.4, -0.2) is 41.7 Å². The summed E-state index contributed by atoms with van der Waals surface area (Å²) in [6.45, 7) is 5.25. The maximum absolute atomic E-state index is 10.4. The number of hydrogen-bond donors (Lipinski definition) is 7. The molecule has 0 aliphatic carbocycles. The zero-order valence-corrected chi connectivity index (χ0v) is 16.7. The minimum Gasteiger partial charge on any atom is -0.507 e. The molecule has 3 rings (SSSR count). The number of aryl methyl sites for hydroxylation is 3. The van der Waals surface area contributed by atoms with Crippen LogP contribution in [-0.2, 0) is 0 Å². The number of carbonyl (C=O) groups is 1. The molecule has 0 heterocycles. The van der Waals surface area contributed by atoms with E-state index in [1.807, 2.05) is 6.92 Å². The van der Waals surface area contributed by atoms with Gasteiger partial charge in [-0.3, -0.25) is 0 Å². The fourth-order valence-corrected chi connectivity index (χ4v) is 2.12. The van der Waals surface area contributed by atoms with E-state index in [2.05, 4.69) is 0 Å². The van der Waals surface area contributed by atoms with Crippen molar-refractivity contribution in [2.45, 2.75) is 20.8 Å². The Morgan fingerprint density at radius 1 is 0.600 bits per heavy atom. The van der Waals surface area contributed by atoms with E-state index in [4.69, 9.17) is 35.7 Å². The SMILES string of the molecule is Cc1ccc(O)c(C(=O)O)c1.Cc1ccc(O)c(O)c1.Cc1ccc(O)c(O)c1O. The molecule has 7 N–H and O–H groups in total. The van der Waals surface area contributed by atoms with Crippen LogP contribution >= 0.6 is 0 Å². The van der Waals surface area contributed by atoms with Crippen molar-refractivity contribution in [1.82, 2.24) is 0 Å². The van der Waals surface area contributed by atoms with Gasteiger partial charge in [-0.05, 0) is 62.2 Å². The van der Waals surface area contributed by atoms with Crippen molar-refractivity contribution in [2.24, 2.45) is 0 Å². The summed E-state index contributed by atoms with van der Waals surface area (Å²) in [4.78, 5) is 10.4. The second kappa shape index (κ2) is 10.5. The summed E-state index contributed by atoms with van der Waals surface area (Å²) in [5, 5.41) is 61.9. The Morgan fingerprint density at radius 3 is 1.53 bits per heavy atom. The van der Waals surface area contributed by atoms with Gasteiger partial charge in [0, 0.05) is 0 Å². The first-order chi connectivity index (χ1) is 13.9. The minimum atomic E-state index is -1.11. The molecule has 0 aliphatic rings. The van der Waals surface area contributed by atoms with Gasteiger partial charge in [-0.2, -0.15) is 0 Å². The summed E-state index contributed by atoms with van der Waals surface area (Å²) >= 11 is 0. The highest BCUT2D eigenvalue weighted by molar-refractivity contribution is 5.90. The number of phenolic OH excluding ortho intramolecular Hbond substituents is 5. The van der Waals surface area contributed by atoms with Gasteiger partial charge in [-0.25, -0.2) is 4.79 Å². The summed E-state index contributed by atoms with van der Waals surface area (Å²) in [6, 6.07) is 12.0. The first-order valence-electron chi connectivity index (χ1n) is 8.66. The molecule has 0 unspecified atom stereocenters. The van der Waals surface area contributed by atoms with Crippen molar-refractivity contribution < 1.29 is 40.5 Å². The van der Waals surface area contributed by atoms with Crippen molar-refractivity contribution >= 4 is 5.97 Å². The Morgan fingerprint density at radius 2 is 1.10 bits per heavy atom. The first kappa shape index (κ1) is 24.0. The van der Waals surface area contributed by atoms with E-state index in [1.165, 1.54) is 36.4 Å². The first-order valence-corrected chi connectivity index (χ1v) is 8.66. The number of hydrogen-bond acceptors (Lipinski definition) is 7. The topological polar surface area (TPSA) is 159 Å². The lowest BCUT2D eigenvalue weighted by molar-refractivity contribution is 0.0693. The van der Waals surface area contributed by atoms with Gasteiger partial charge in [-0.15, -0.1) is 0 Å². The van der Waals surface area contributed by atoms with E-state index in [1.54, 1.807) is 26.0 Å². The van der Waals surface area contributed by atoms with Crippen molar-refractivity contribution in [3.05, 3.63) is 70.8 Å². The number of aromatic carboxylic acids is 1. The van der Waals surface area contributed by atoms with E-state index in [0.717, 1.165) is 11.1 Å². The third-order valence-electron chi connectivity index (χ3n) is 3.85. The minimum absolute atomic E-state index is 0.0509. The lowest BCUT2D eigenvalue weighted by Crippen LogP contribution is -1.96.